The van der Waals surface area contributed by atoms with Crippen molar-refractivity contribution in [1.29, 1.82) is 0 Å². The van der Waals surface area contributed by atoms with Crippen molar-refractivity contribution in [2.75, 3.05) is 45.3 Å². The van der Waals surface area contributed by atoms with Crippen molar-refractivity contribution in [2.45, 2.75) is 22.9 Å². The fraction of sp³-hybridized carbons (Fsp3) is 0.321. The smallest absolute Gasteiger partial charge is 0.334 e. The van der Waals surface area contributed by atoms with Crippen LogP contribution in [0.4, 0.5) is 8.78 Å². The first kappa shape index (κ1) is 27.2. The Balaban J connectivity index is 1.54. The van der Waals surface area contributed by atoms with Crippen LogP contribution in [0.25, 0.3) is 0 Å². The van der Waals surface area contributed by atoms with Gasteiger partial charge in [-0.05, 0) is 23.3 Å². The molecule has 1 aromatic heterocycles. The molecule has 0 saturated carbocycles. The summed E-state index contributed by atoms with van der Waals surface area (Å²) in [6, 6.07) is 10.7. The predicted molar refractivity (Wildman–Crippen MR) is 142 cm³/mol. The average Bonchev–Trinajstić information content (AvgIpc) is 3.14. The number of hydrogen-bond donors (Lipinski definition) is 0. The zero-order valence-electron chi connectivity index (χ0n) is 21.9. The van der Waals surface area contributed by atoms with Gasteiger partial charge in [-0.1, -0.05) is 24.3 Å². The number of rotatable bonds is 6. The molecular weight excluding hydrogens is 560 g/mol. The van der Waals surface area contributed by atoms with Gasteiger partial charge in [0.15, 0.2) is 17.3 Å². The molecule has 6 rings (SSSR count). The lowest BCUT2D eigenvalue weighted by molar-refractivity contribution is -0.154. The van der Waals surface area contributed by atoms with E-state index in [4.69, 9.17) is 18.9 Å². The lowest BCUT2D eigenvalue weighted by atomic mass is 9.93. The number of carbonyl (C=O) groups is 2. The maximum atomic E-state index is 15.3. The molecule has 3 aromatic rings. The van der Waals surface area contributed by atoms with Crippen molar-refractivity contribution in [3.8, 4) is 5.75 Å². The van der Waals surface area contributed by atoms with E-state index >= 15 is 4.39 Å². The molecule has 0 unspecified atom stereocenters. The molecule has 0 N–H and O–H groups in total. The number of thioether (sulfide) groups is 1. The number of morpholine rings is 1. The van der Waals surface area contributed by atoms with Crippen molar-refractivity contribution >= 4 is 23.6 Å². The van der Waals surface area contributed by atoms with E-state index in [9.17, 15) is 18.8 Å². The number of halogens is 2. The van der Waals surface area contributed by atoms with Gasteiger partial charge >= 0.3 is 5.97 Å². The number of pyridine rings is 1. The summed E-state index contributed by atoms with van der Waals surface area (Å²) in [5.41, 5.74) is 0.853. The predicted octanol–water partition coefficient (Wildman–Crippen LogP) is 2.80. The minimum absolute atomic E-state index is 0.0862. The van der Waals surface area contributed by atoms with Gasteiger partial charge in [-0.25, -0.2) is 13.6 Å². The summed E-state index contributed by atoms with van der Waals surface area (Å²) in [5.74, 6) is -3.18. The van der Waals surface area contributed by atoms with Crippen LogP contribution in [0.15, 0.2) is 58.4 Å². The van der Waals surface area contributed by atoms with Gasteiger partial charge in [0.25, 0.3) is 5.91 Å². The highest BCUT2D eigenvalue weighted by Gasteiger charge is 2.46. The lowest BCUT2D eigenvalue weighted by Gasteiger charge is -2.51. The molecule has 41 heavy (non-hydrogen) atoms. The van der Waals surface area contributed by atoms with Gasteiger partial charge < -0.3 is 23.8 Å². The largest absolute Gasteiger partial charge is 0.451 e. The molecule has 1 saturated heterocycles. The topological polar surface area (TPSA) is 99.5 Å². The van der Waals surface area contributed by atoms with E-state index in [1.54, 1.807) is 11.0 Å². The lowest BCUT2D eigenvalue weighted by Crippen LogP contribution is -2.66. The molecule has 0 bridgehead atoms. The number of nitrogens with zero attached hydrogens (tertiary/aromatic N) is 3. The summed E-state index contributed by atoms with van der Waals surface area (Å²) < 4.78 is 52.3. The van der Waals surface area contributed by atoms with Crippen molar-refractivity contribution in [3.05, 3.63) is 92.9 Å². The van der Waals surface area contributed by atoms with E-state index in [0.717, 1.165) is 16.5 Å². The van der Waals surface area contributed by atoms with Gasteiger partial charge in [-0.15, -0.1) is 11.8 Å². The molecule has 1 fully saturated rings. The summed E-state index contributed by atoms with van der Waals surface area (Å²) in [7, 11) is 1.33. The second kappa shape index (κ2) is 11.1. The molecule has 214 valence electrons. The number of esters is 1. The average molecular weight is 586 g/mol. The van der Waals surface area contributed by atoms with Crippen LogP contribution >= 0.6 is 11.8 Å². The molecule has 13 heteroatoms. The second-order valence-corrected chi connectivity index (χ2v) is 10.5. The zero-order chi connectivity index (χ0) is 28.7. The summed E-state index contributed by atoms with van der Waals surface area (Å²) in [5, 5.41) is 1.83. The fourth-order valence-corrected chi connectivity index (χ4v) is 6.54. The molecule has 0 radical (unpaired) electrons. The fourth-order valence-electron chi connectivity index (χ4n) is 5.42. The van der Waals surface area contributed by atoms with Crippen LogP contribution in [0.3, 0.4) is 0 Å². The van der Waals surface area contributed by atoms with Gasteiger partial charge in [0.05, 0.1) is 19.3 Å². The Kier molecular flexibility index (Phi) is 7.41. The molecule has 1 amide bonds. The normalized spacial score (nSPS) is 19.4. The second-order valence-electron chi connectivity index (χ2n) is 9.51. The molecule has 0 aliphatic carbocycles. The Labute approximate surface area is 237 Å². The van der Waals surface area contributed by atoms with Crippen LogP contribution in [0.2, 0.25) is 0 Å². The zero-order valence-corrected chi connectivity index (χ0v) is 22.7. The highest BCUT2D eigenvalue weighted by atomic mass is 32.2. The standard InChI is InChI=1S/C28H25F2N3O7S/c1-37-13-23(35)39-15-40-27-20(34)8-9-32-26(27)28(36)31-10-11-38-12-22(31)33(32)25-16-6-7-19(29)24(30)18(16)14-41-21-5-3-2-4-17(21)25/h2-9,22,25H,10-15H2,1H3/t22-,25+/m1/s1. The van der Waals surface area contributed by atoms with Crippen LogP contribution in [0.1, 0.15) is 33.2 Å². The highest BCUT2D eigenvalue weighted by Crippen LogP contribution is 2.45. The van der Waals surface area contributed by atoms with Crippen molar-refractivity contribution in [1.82, 2.24) is 9.58 Å². The summed E-state index contributed by atoms with van der Waals surface area (Å²) in [6.45, 7) is -0.310. The Morgan fingerprint density at radius 1 is 1.12 bits per heavy atom. The summed E-state index contributed by atoms with van der Waals surface area (Å²) in [6.07, 6.45) is 0.798. The number of benzene rings is 2. The molecular formula is C28H25F2N3O7S. The van der Waals surface area contributed by atoms with Crippen LogP contribution in [0.5, 0.6) is 5.75 Å². The van der Waals surface area contributed by atoms with Crippen molar-refractivity contribution < 1.29 is 37.3 Å². The third-order valence-corrected chi connectivity index (χ3v) is 8.33. The van der Waals surface area contributed by atoms with E-state index in [-0.39, 0.29) is 49.1 Å². The third kappa shape index (κ3) is 4.73. The quantitative estimate of drug-likeness (QED) is 0.320. The maximum Gasteiger partial charge on any atom is 0.334 e. The van der Waals surface area contributed by atoms with E-state index in [2.05, 4.69) is 0 Å². The van der Waals surface area contributed by atoms with Crippen molar-refractivity contribution in [2.24, 2.45) is 0 Å². The van der Waals surface area contributed by atoms with Gasteiger partial charge in [-0.3, -0.25) is 19.3 Å². The first-order chi connectivity index (χ1) is 19.9. The summed E-state index contributed by atoms with van der Waals surface area (Å²) in [4.78, 5) is 41.1. The molecule has 3 aliphatic rings. The van der Waals surface area contributed by atoms with Gasteiger partial charge in [-0.2, -0.15) is 0 Å². The molecule has 10 nitrogen and oxygen atoms in total. The number of methoxy groups -OCH3 is 1. The monoisotopic (exact) mass is 585 g/mol. The first-order valence-electron chi connectivity index (χ1n) is 12.8. The van der Waals surface area contributed by atoms with E-state index < -0.39 is 47.9 Å². The Morgan fingerprint density at radius 2 is 1.95 bits per heavy atom. The Hall–Kier alpha value is -3.94. The Morgan fingerprint density at radius 3 is 2.78 bits per heavy atom. The minimum Gasteiger partial charge on any atom is -0.451 e. The number of ether oxygens (including phenoxy) is 4. The molecule has 3 aliphatic heterocycles. The van der Waals surface area contributed by atoms with Crippen LogP contribution in [-0.2, 0) is 24.8 Å². The van der Waals surface area contributed by atoms with E-state index in [1.165, 1.54) is 35.8 Å². The number of fused-ring (bicyclic) bond motifs is 4. The summed E-state index contributed by atoms with van der Waals surface area (Å²) >= 11 is 1.39. The number of aromatic nitrogens is 1. The van der Waals surface area contributed by atoms with Crippen LogP contribution < -0.4 is 15.2 Å². The molecule has 4 heterocycles. The van der Waals surface area contributed by atoms with Crippen molar-refractivity contribution in [3.63, 3.8) is 0 Å². The van der Waals surface area contributed by atoms with E-state index in [1.807, 2.05) is 29.3 Å². The molecule has 2 aromatic carbocycles. The number of carbonyl (C=O) groups excluding carboxylic acids is 2. The van der Waals surface area contributed by atoms with Crippen LogP contribution in [-0.4, -0.2) is 67.9 Å². The van der Waals surface area contributed by atoms with Gasteiger partial charge in [0.1, 0.15) is 12.8 Å². The number of hydrogen-bond acceptors (Lipinski definition) is 9. The van der Waals surface area contributed by atoms with Gasteiger partial charge in [0.2, 0.25) is 18.0 Å². The number of amides is 1. The molecule has 0 spiro atoms. The molecule has 2 atom stereocenters. The Bertz CT molecular complexity index is 1580. The minimum atomic E-state index is -0.951. The SMILES string of the molecule is COCC(=O)OCOc1c2n(ccc1=O)N([C@@H]1c3ccccc3SCc3c1ccc(F)c3F)[C@@H]1COCCN1C2=O. The van der Waals surface area contributed by atoms with Crippen LogP contribution in [0, 0.1) is 11.6 Å². The van der Waals surface area contributed by atoms with E-state index in [0.29, 0.717) is 5.56 Å². The maximum absolute atomic E-state index is 15.3. The first-order valence-corrected chi connectivity index (χ1v) is 13.8. The van der Waals surface area contributed by atoms with Gasteiger partial charge in [0, 0.05) is 42.1 Å². The third-order valence-electron chi connectivity index (χ3n) is 7.22. The highest BCUT2D eigenvalue weighted by molar-refractivity contribution is 7.98.